The van der Waals surface area contributed by atoms with Crippen molar-refractivity contribution in [1.29, 1.82) is 0 Å². The number of benzene rings is 2. The maximum absolute atomic E-state index is 12.7. The smallest absolute Gasteiger partial charge is 0.317 e. The summed E-state index contributed by atoms with van der Waals surface area (Å²) in [4.78, 5) is 23.7. The molecule has 0 saturated heterocycles. The molecule has 1 aromatic heterocycles. The Morgan fingerprint density at radius 3 is 2.27 bits per heavy atom. The second-order valence-corrected chi connectivity index (χ2v) is 8.19. The van der Waals surface area contributed by atoms with Crippen molar-refractivity contribution in [2.24, 2.45) is 0 Å². The van der Waals surface area contributed by atoms with Gasteiger partial charge in [0.1, 0.15) is 6.61 Å². The Labute approximate surface area is 198 Å². The molecule has 0 unspecified atom stereocenters. The monoisotopic (exact) mass is 462 g/mol. The summed E-state index contributed by atoms with van der Waals surface area (Å²) in [6.45, 7) is 4.96. The van der Waals surface area contributed by atoms with Crippen molar-refractivity contribution in [3.8, 4) is 0 Å². The van der Waals surface area contributed by atoms with Crippen LogP contribution in [0.3, 0.4) is 0 Å². The Bertz CT molecular complexity index is 1110. The Hall–Kier alpha value is -3.71. The molecule has 4 rings (SSSR count). The number of rotatable bonds is 8. The van der Waals surface area contributed by atoms with E-state index in [-0.39, 0.29) is 17.6 Å². The average molecular weight is 463 g/mol. The van der Waals surface area contributed by atoms with E-state index in [4.69, 9.17) is 4.74 Å². The van der Waals surface area contributed by atoms with Crippen LogP contribution in [0.4, 0.5) is 5.69 Å². The Balaban J connectivity index is 0.000000442. The third-order valence-electron chi connectivity index (χ3n) is 4.61. The average Bonchev–Trinajstić information content (AvgIpc) is 3.40. The van der Waals surface area contributed by atoms with Gasteiger partial charge >= 0.3 is 5.70 Å². The molecule has 0 saturated carbocycles. The lowest BCUT2D eigenvalue weighted by Gasteiger charge is -2.09. The fourth-order valence-corrected chi connectivity index (χ4v) is 3.54. The van der Waals surface area contributed by atoms with Crippen molar-refractivity contribution >= 4 is 35.1 Å². The van der Waals surface area contributed by atoms with Crippen LogP contribution in [0.15, 0.2) is 88.9 Å². The highest BCUT2D eigenvalue weighted by Gasteiger charge is 2.37. The number of amides is 2. The molecule has 2 heterocycles. The first-order valence-corrected chi connectivity index (χ1v) is 11.6. The Kier molecular flexibility index (Phi) is 8.97. The summed E-state index contributed by atoms with van der Waals surface area (Å²) in [5.41, 5.74) is 3.77. The summed E-state index contributed by atoms with van der Waals surface area (Å²) in [6.07, 6.45) is 1.84. The molecule has 1 aliphatic rings. The molecular formula is C26H28N3O3S+. The highest BCUT2D eigenvalue weighted by Crippen LogP contribution is 2.19. The van der Waals surface area contributed by atoms with Crippen LogP contribution in [-0.4, -0.2) is 35.7 Å². The van der Waals surface area contributed by atoms with Crippen LogP contribution < -0.4 is 10.6 Å². The van der Waals surface area contributed by atoms with Crippen molar-refractivity contribution < 1.29 is 18.9 Å². The van der Waals surface area contributed by atoms with Gasteiger partial charge in [0, 0.05) is 12.6 Å². The summed E-state index contributed by atoms with van der Waals surface area (Å²) >= 11 is 1.74. The van der Waals surface area contributed by atoms with E-state index in [9.17, 15) is 9.59 Å². The quantitative estimate of drug-likeness (QED) is 0.297. The van der Waals surface area contributed by atoms with E-state index in [0.29, 0.717) is 25.4 Å². The van der Waals surface area contributed by atoms with Crippen molar-refractivity contribution in [3.05, 3.63) is 100 Å². The minimum Gasteiger partial charge on any atom is -0.478 e. The van der Waals surface area contributed by atoms with Gasteiger partial charge in [0.25, 0.3) is 11.7 Å². The molecule has 1 aliphatic heterocycles. The standard InChI is InChI=1S/C21H21N3O3.C5H6S/c1-16(25)22-12-13-24-14-19(24)20(27-15-17-8-4-2-5-9-17)21(26)23-18-10-6-3-7-11-18;1-5-2-3-6-4-5/h2-11,14H,12-13,15H2,1H3,(H-,22,23,25,26);2-4H,1H3/p+1/b20-19-;. The van der Waals surface area contributed by atoms with Crippen LogP contribution in [0, 0.1) is 6.92 Å². The van der Waals surface area contributed by atoms with E-state index in [0.717, 1.165) is 11.3 Å². The highest BCUT2D eigenvalue weighted by atomic mass is 32.1. The first-order chi connectivity index (χ1) is 16.0. The zero-order chi connectivity index (χ0) is 23.5. The first-order valence-electron chi connectivity index (χ1n) is 10.6. The number of allylic oxidation sites excluding steroid dienone is 1. The van der Waals surface area contributed by atoms with Crippen molar-refractivity contribution in [2.75, 3.05) is 18.4 Å². The molecule has 0 fully saturated rings. The third kappa shape index (κ3) is 8.38. The molecule has 2 aromatic carbocycles. The SMILES string of the molecule is CC(=O)NCC[N+]1=CC/1=C(/OCc1ccccc1)C(=O)Nc1ccccc1.Cc1ccsc1. The van der Waals surface area contributed by atoms with Gasteiger partial charge in [-0.2, -0.15) is 15.9 Å². The number of para-hydroxylation sites is 1. The maximum Gasteiger partial charge on any atom is 0.317 e. The lowest BCUT2D eigenvalue weighted by molar-refractivity contribution is -0.403. The van der Waals surface area contributed by atoms with E-state index >= 15 is 0 Å². The minimum atomic E-state index is -0.301. The van der Waals surface area contributed by atoms with Crippen LogP contribution in [0.5, 0.6) is 0 Å². The molecule has 0 aliphatic carbocycles. The molecule has 0 atom stereocenters. The van der Waals surface area contributed by atoms with Crippen LogP contribution in [0.2, 0.25) is 0 Å². The summed E-state index contributed by atoms with van der Waals surface area (Å²) in [6, 6.07) is 21.0. The number of thiophene rings is 1. The van der Waals surface area contributed by atoms with Gasteiger partial charge in [-0.25, -0.2) is 0 Å². The molecule has 33 heavy (non-hydrogen) atoms. The molecule has 6 nitrogen and oxygen atoms in total. The normalized spacial score (nSPS) is 13.1. The van der Waals surface area contributed by atoms with Crippen LogP contribution in [0.1, 0.15) is 18.1 Å². The number of hydrogen-bond donors (Lipinski definition) is 2. The van der Waals surface area contributed by atoms with Crippen LogP contribution in [-0.2, 0) is 20.9 Å². The van der Waals surface area contributed by atoms with Crippen molar-refractivity contribution in [2.45, 2.75) is 20.5 Å². The summed E-state index contributed by atoms with van der Waals surface area (Å²) in [7, 11) is 0. The van der Waals surface area contributed by atoms with E-state index in [1.165, 1.54) is 12.5 Å². The number of anilines is 1. The predicted molar refractivity (Wildman–Crippen MR) is 132 cm³/mol. The Morgan fingerprint density at radius 2 is 1.70 bits per heavy atom. The zero-order valence-corrected chi connectivity index (χ0v) is 19.6. The maximum atomic E-state index is 12.7. The largest absolute Gasteiger partial charge is 0.478 e. The predicted octanol–water partition coefficient (Wildman–Crippen LogP) is 4.34. The molecule has 0 radical (unpaired) electrons. The molecule has 170 valence electrons. The first kappa shape index (κ1) is 23.9. The topological polar surface area (TPSA) is 70.4 Å². The van der Waals surface area contributed by atoms with E-state index in [2.05, 4.69) is 34.4 Å². The zero-order valence-electron chi connectivity index (χ0n) is 18.8. The number of nitrogens with one attached hydrogen (secondary N) is 2. The summed E-state index contributed by atoms with van der Waals surface area (Å²) in [5.74, 6) is -0.110. The number of carbonyl (C=O) groups is 2. The number of aryl methyl sites for hydroxylation is 1. The van der Waals surface area contributed by atoms with Gasteiger partial charge in [0.2, 0.25) is 12.1 Å². The molecule has 7 heteroatoms. The van der Waals surface area contributed by atoms with E-state index in [1.54, 1.807) is 11.3 Å². The van der Waals surface area contributed by atoms with Gasteiger partial charge in [0.05, 0.1) is 6.54 Å². The fraction of sp³-hybridized carbons (Fsp3) is 0.192. The molecular weight excluding hydrogens is 434 g/mol. The number of carbonyl (C=O) groups excluding carboxylic acids is 2. The van der Waals surface area contributed by atoms with Gasteiger partial charge in [-0.05, 0) is 47.0 Å². The Morgan fingerprint density at radius 1 is 1.00 bits per heavy atom. The molecule has 0 bridgehead atoms. The second kappa shape index (κ2) is 12.4. The second-order valence-electron chi connectivity index (χ2n) is 7.41. The third-order valence-corrected chi connectivity index (χ3v) is 5.41. The van der Waals surface area contributed by atoms with Gasteiger partial charge in [-0.1, -0.05) is 48.5 Å². The van der Waals surface area contributed by atoms with Crippen molar-refractivity contribution in [1.82, 2.24) is 5.32 Å². The van der Waals surface area contributed by atoms with Crippen LogP contribution in [0.25, 0.3) is 0 Å². The molecule has 2 amide bonds. The van der Waals surface area contributed by atoms with Gasteiger partial charge in [-0.3, -0.25) is 9.59 Å². The number of nitrogens with zero attached hydrogens (tertiary/aromatic N) is 1. The molecule has 0 spiro atoms. The van der Waals surface area contributed by atoms with E-state index < -0.39 is 0 Å². The number of hydrogen-bond acceptors (Lipinski definition) is 4. The number of ether oxygens (including phenoxy) is 1. The van der Waals surface area contributed by atoms with Gasteiger partial charge in [0.15, 0.2) is 6.54 Å². The minimum absolute atomic E-state index is 0.0789. The van der Waals surface area contributed by atoms with Gasteiger partial charge in [-0.15, -0.1) is 0 Å². The fourth-order valence-electron chi connectivity index (χ4n) is 2.87. The van der Waals surface area contributed by atoms with Crippen LogP contribution >= 0.6 is 11.3 Å². The van der Waals surface area contributed by atoms with Crippen molar-refractivity contribution in [3.63, 3.8) is 0 Å². The molecule has 2 N–H and O–H groups in total. The summed E-state index contributed by atoms with van der Waals surface area (Å²) < 4.78 is 7.74. The van der Waals surface area contributed by atoms with Gasteiger partial charge < -0.3 is 15.4 Å². The highest BCUT2D eigenvalue weighted by molar-refractivity contribution is 7.07. The van der Waals surface area contributed by atoms with E-state index in [1.807, 2.05) is 71.5 Å². The summed E-state index contributed by atoms with van der Waals surface area (Å²) in [5, 5.41) is 9.80. The molecule has 3 aromatic rings. The lowest BCUT2D eigenvalue weighted by Crippen LogP contribution is -2.25. The lowest BCUT2D eigenvalue weighted by atomic mass is 10.2.